The topological polar surface area (TPSA) is 61.2 Å². The van der Waals surface area contributed by atoms with Crippen LogP contribution in [0.3, 0.4) is 0 Å². The molecule has 0 saturated carbocycles. The van der Waals surface area contributed by atoms with Gasteiger partial charge in [0.15, 0.2) is 0 Å². The third-order valence-corrected chi connectivity index (χ3v) is 6.36. The summed E-state index contributed by atoms with van der Waals surface area (Å²) in [7, 11) is 0. The second kappa shape index (κ2) is 11.0. The van der Waals surface area contributed by atoms with E-state index in [0.29, 0.717) is 54.2 Å². The maximum Gasteiger partial charge on any atom is 0.316 e. The van der Waals surface area contributed by atoms with Crippen LogP contribution in [0.4, 0.5) is 4.39 Å². The first-order valence-electron chi connectivity index (χ1n) is 12.2. The number of para-hydroxylation sites is 1. The van der Waals surface area contributed by atoms with Crippen LogP contribution in [0.1, 0.15) is 57.9 Å². The molecule has 2 aromatic carbocycles. The number of aryl methyl sites for hydroxylation is 2. The van der Waals surface area contributed by atoms with Crippen molar-refractivity contribution in [2.75, 3.05) is 0 Å². The predicted molar refractivity (Wildman–Crippen MR) is 137 cm³/mol. The number of hydrogen-bond acceptors (Lipinski definition) is 4. The number of ether oxygens (including phenoxy) is 1. The van der Waals surface area contributed by atoms with Crippen molar-refractivity contribution in [1.29, 1.82) is 0 Å². The van der Waals surface area contributed by atoms with E-state index in [1.165, 1.54) is 12.1 Å². The summed E-state index contributed by atoms with van der Waals surface area (Å²) < 4.78 is 21.2. The molecule has 6 heteroatoms. The Balaban J connectivity index is 2.12. The van der Waals surface area contributed by atoms with Crippen LogP contribution in [0, 0.1) is 24.1 Å². The van der Waals surface area contributed by atoms with E-state index in [-0.39, 0.29) is 23.3 Å². The van der Waals surface area contributed by atoms with Gasteiger partial charge in [0.2, 0.25) is 0 Å². The van der Waals surface area contributed by atoms with Gasteiger partial charge in [-0.05, 0) is 75.8 Å². The Morgan fingerprint density at radius 1 is 1.14 bits per heavy atom. The molecule has 3 aromatic rings. The fourth-order valence-electron chi connectivity index (χ4n) is 3.81. The predicted octanol–water partition coefficient (Wildman–Crippen LogP) is 6.14. The molecule has 0 radical (unpaired) electrons. The minimum atomic E-state index is -0.644. The Bertz CT molecular complexity index is 1260. The van der Waals surface area contributed by atoms with Crippen molar-refractivity contribution < 1.29 is 13.9 Å². The highest BCUT2D eigenvalue weighted by Gasteiger charge is 2.29. The molecule has 1 aromatic heterocycles. The molecule has 0 saturated heterocycles. The minimum absolute atomic E-state index is 0.118. The molecule has 0 fully saturated rings. The molecule has 35 heavy (non-hydrogen) atoms. The molecule has 0 bridgehead atoms. The average Bonchev–Trinajstić information content (AvgIpc) is 2.81. The van der Waals surface area contributed by atoms with Gasteiger partial charge in [0, 0.05) is 17.8 Å². The SMILES string of the molecule is CCC(C)(C)C(=O)Oc1ccccc1-c1nc(C)c(CC(C)C)c(=O)n1CCc1cccc(F)c1. The molecule has 186 valence electrons. The summed E-state index contributed by atoms with van der Waals surface area (Å²) in [5, 5.41) is 0. The van der Waals surface area contributed by atoms with E-state index in [4.69, 9.17) is 9.72 Å². The molecule has 0 aliphatic carbocycles. The number of halogens is 1. The lowest BCUT2D eigenvalue weighted by Gasteiger charge is -2.22. The molecular formula is C29H35FN2O3. The van der Waals surface area contributed by atoms with Gasteiger partial charge >= 0.3 is 5.97 Å². The smallest absolute Gasteiger partial charge is 0.316 e. The van der Waals surface area contributed by atoms with E-state index in [9.17, 15) is 14.0 Å². The maximum absolute atomic E-state index is 13.7. The largest absolute Gasteiger partial charge is 0.425 e. The summed E-state index contributed by atoms with van der Waals surface area (Å²) in [5.74, 6) is 0.438. The fourth-order valence-corrected chi connectivity index (χ4v) is 3.81. The molecule has 1 heterocycles. The van der Waals surface area contributed by atoms with Crippen LogP contribution in [0.5, 0.6) is 5.75 Å². The number of aromatic nitrogens is 2. The summed E-state index contributed by atoms with van der Waals surface area (Å²) in [6, 6.07) is 13.5. The van der Waals surface area contributed by atoms with Crippen LogP contribution in [0.2, 0.25) is 0 Å². The second-order valence-corrected chi connectivity index (χ2v) is 10.1. The summed E-state index contributed by atoms with van der Waals surface area (Å²) >= 11 is 0. The van der Waals surface area contributed by atoms with Gasteiger partial charge in [-0.25, -0.2) is 9.37 Å². The van der Waals surface area contributed by atoms with Gasteiger partial charge in [-0.3, -0.25) is 14.2 Å². The number of rotatable bonds is 9. The monoisotopic (exact) mass is 478 g/mol. The van der Waals surface area contributed by atoms with E-state index in [1.54, 1.807) is 22.8 Å². The molecule has 0 aliphatic heterocycles. The van der Waals surface area contributed by atoms with E-state index in [0.717, 1.165) is 5.56 Å². The highest BCUT2D eigenvalue weighted by molar-refractivity contribution is 5.80. The molecule has 0 N–H and O–H groups in total. The Morgan fingerprint density at radius 2 is 1.86 bits per heavy atom. The maximum atomic E-state index is 13.7. The van der Waals surface area contributed by atoms with Crippen molar-refractivity contribution in [1.82, 2.24) is 9.55 Å². The summed E-state index contributed by atoms with van der Waals surface area (Å²) in [4.78, 5) is 31.4. The van der Waals surface area contributed by atoms with Gasteiger partial charge < -0.3 is 4.74 Å². The van der Waals surface area contributed by atoms with E-state index in [2.05, 4.69) is 13.8 Å². The average molecular weight is 479 g/mol. The van der Waals surface area contributed by atoms with Gasteiger partial charge in [-0.1, -0.05) is 45.0 Å². The van der Waals surface area contributed by atoms with Gasteiger partial charge in [0.25, 0.3) is 5.56 Å². The standard InChI is InChI=1S/C29H35FN2O3/c1-7-29(5,6)28(34)35-25-14-9-8-13-23(25)26-31-20(4)24(17-19(2)3)27(33)32(26)16-15-21-11-10-12-22(30)18-21/h8-14,18-19H,7,15-17H2,1-6H3. The number of benzene rings is 2. The van der Waals surface area contributed by atoms with Crippen molar-refractivity contribution in [3.05, 3.63) is 81.5 Å². The molecule has 5 nitrogen and oxygen atoms in total. The molecule has 0 atom stereocenters. The van der Waals surface area contributed by atoms with E-state index >= 15 is 0 Å². The number of carbonyl (C=O) groups excluding carboxylic acids is 1. The minimum Gasteiger partial charge on any atom is -0.425 e. The van der Waals surface area contributed by atoms with Crippen LogP contribution in [0.25, 0.3) is 11.4 Å². The van der Waals surface area contributed by atoms with Crippen molar-refractivity contribution in [2.24, 2.45) is 11.3 Å². The van der Waals surface area contributed by atoms with Gasteiger partial charge in [-0.15, -0.1) is 0 Å². The third-order valence-electron chi connectivity index (χ3n) is 6.36. The Labute approximate surface area is 207 Å². The summed E-state index contributed by atoms with van der Waals surface area (Å²) in [6.45, 7) is 11.9. The first-order chi connectivity index (χ1) is 16.5. The van der Waals surface area contributed by atoms with E-state index < -0.39 is 5.41 Å². The highest BCUT2D eigenvalue weighted by atomic mass is 19.1. The lowest BCUT2D eigenvalue weighted by molar-refractivity contribution is -0.144. The van der Waals surface area contributed by atoms with Crippen molar-refractivity contribution >= 4 is 5.97 Å². The van der Waals surface area contributed by atoms with Crippen molar-refractivity contribution in [3.63, 3.8) is 0 Å². The Morgan fingerprint density at radius 3 is 2.51 bits per heavy atom. The summed E-state index contributed by atoms with van der Waals surface area (Å²) in [5.41, 5.74) is 1.93. The first-order valence-corrected chi connectivity index (χ1v) is 12.2. The number of nitrogens with zero attached hydrogens (tertiary/aromatic N) is 2. The zero-order valence-corrected chi connectivity index (χ0v) is 21.5. The zero-order chi connectivity index (χ0) is 25.8. The van der Waals surface area contributed by atoms with Gasteiger partial charge in [0.1, 0.15) is 17.4 Å². The molecule has 0 spiro atoms. The van der Waals surface area contributed by atoms with Crippen LogP contribution in [-0.4, -0.2) is 15.5 Å². The quantitative estimate of drug-likeness (QED) is 0.274. The lowest BCUT2D eigenvalue weighted by Crippen LogP contribution is -2.30. The normalized spacial score (nSPS) is 11.7. The number of esters is 1. The Hall–Kier alpha value is -3.28. The van der Waals surface area contributed by atoms with Crippen LogP contribution >= 0.6 is 0 Å². The molecular weight excluding hydrogens is 443 g/mol. The van der Waals surface area contributed by atoms with Crippen LogP contribution in [0.15, 0.2) is 53.3 Å². The highest BCUT2D eigenvalue weighted by Crippen LogP contribution is 2.31. The molecule has 3 rings (SSSR count). The Kier molecular flexibility index (Phi) is 8.26. The number of carbonyl (C=O) groups is 1. The summed E-state index contributed by atoms with van der Waals surface area (Å²) in [6.07, 6.45) is 1.70. The van der Waals surface area contributed by atoms with Gasteiger partial charge in [-0.2, -0.15) is 0 Å². The van der Waals surface area contributed by atoms with Gasteiger partial charge in [0.05, 0.1) is 11.0 Å². The molecule has 0 unspecified atom stereocenters. The second-order valence-electron chi connectivity index (χ2n) is 10.1. The molecule has 0 aliphatic rings. The van der Waals surface area contributed by atoms with E-state index in [1.807, 2.05) is 45.9 Å². The first kappa shape index (κ1) is 26.3. The zero-order valence-electron chi connectivity index (χ0n) is 21.5. The number of hydrogen-bond donors (Lipinski definition) is 0. The molecule has 0 amide bonds. The van der Waals surface area contributed by atoms with Crippen molar-refractivity contribution in [3.8, 4) is 17.1 Å². The van der Waals surface area contributed by atoms with Crippen LogP contribution in [-0.2, 0) is 24.2 Å². The van der Waals surface area contributed by atoms with Crippen LogP contribution < -0.4 is 10.3 Å². The lowest BCUT2D eigenvalue weighted by atomic mass is 9.90. The van der Waals surface area contributed by atoms with Crippen molar-refractivity contribution in [2.45, 2.75) is 67.3 Å². The third kappa shape index (κ3) is 6.24. The fraction of sp³-hybridized carbons (Fsp3) is 0.414.